The summed E-state index contributed by atoms with van der Waals surface area (Å²) in [6, 6.07) is 10.3. The van der Waals surface area contributed by atoms with Crippen LogP contribution in [0.5, 0.6) is 0 Å². The molecule has 2 amide bonds. The van der Waals surface area contributed by atoms with Crippen LogP contribution < -0.4 is 5.32 Å². The lowest BCUT2D eigenvalue weighted by molar-refractivity contribution is -0.128. The third-order valence-corrected chi connectivity index (χ3v) is 5.91. The SMILES string of the molecule is Cc1cc(Br)ccc1NC(=O)[C@@H]1CC(=O)N(CCc2c[nH]c3ccc(F)cc23)C1. The van der Waals surface area contributed by atoms with Gasteiger partial charge in [-0.05, 0) is 60.9 Å². The van der Waals surface area contributed by atoms with Gasteiger partial charge in [0.05, 0.1) is 5.92 Å². The van der Waals surface area contributed by atoms with Crippen molar-refractivity contribution in [1.29, 1.82) is 0 Å². The molecule has 0 saturated carbocycles. The molecule has 0 radical (unpaired) electrons. The van der Waals surface area contributed by atoms with Gasteiger partial charge in [-0.15, -0.1) is 0 Å². The van der Waals surface area contributed by atoms with E-state index < -0.39 is 0 Å². The first-order valence-electron chi connectivity index (χ1n) is 9.51. The largest absolute Gasteiger partial charge is 0.361 e. The van der Waals surface area contributed by atoms with Gasteiger partial charge in [-0.3, -0.25) is 9.59 Å². The van der Waals surface area contributed by atoms with Crippen molar-refractivity contribution in [2.75, 3.05) is 18.4 Å². The van der Waals surface area contributed by atoms with Crippen molar-refractivity contribution in [3.05, 3.63) is 64.0 Å². The molecule has 2 heterocycles. The molecule has 5 nitrogen and oxygen atoms in total. The van der Waals surface area contributed by atoms with Crippen LogP contribution in [-0.2, 0) is 16.0 Å². The van der Waals surface area contributed by atoms with Gasteiger partial charge in [0.25, 0.3) is 0 Å². The lowest BCUT2D eigenvalue weighted by Crippen LogP contribution is -2.30. The lowest BCUT2D eigenvalue weighted by Gasteiger charge is -2.17. The van der Waals surface area contributed by atoms with E-state index in [9.17, 15) is 14.0 Å². The van der Waals surface area contributed by atoms with Crippen molar-refractivity contribution >= 4 is 44.3 Å². The van der Waals surface area contributed by atoms with Crippen molar-refractivity contribution in [3.63, 3.8) is 0 Å². The molecule has 1 saturated heterocycles. The number of aromatic nitrogens is 1. The number of nitrogens with one attached hydrogen (secondary N) is 2. The van der Waals surface area contributed by atoms with E-state index >= 15 is 0 Å². The van der Waals surface area contributed by atoms with Gasteiger partial charge < -0.3 is 15.2 Å². The van der Waals surface area contributed by atoms with Gasteiger partial charge in [-0.2, -0.15) is 0 Å². The molecule has 1 aliphatic heterocycles. The van der Waals surface area contributed by atoms with Gasteiger partial charge in [-0.1, -0.05) is 15.9 Å². The lowest BCUT2D eigenvalue weighted by atomic mass is 10.1. The Balaban J connectivity index is 1.38. The van der Waals surface area contributed by atoms with Crippen LogP contribution in [0.25, 0.3) is 10.9 Å². The smallest absolute Gasteiger partial charge is 0.229 e. The topological polar surface area (TPSA) is 65.2 Å². The second-order valence-corrected chi connectivity index (χ2v) is 8.36. The zero-order chi connectivity index (χ0) is 20.5. The number of aromatic amines is 1. The van der Waals surface area contributed by atoms with Gasteiger partial charge in [0.15, 0.2) is 0 Å². The number of carbonyl (C=O) groups excluding carboxylic acids is 2. The first kappa shape index (κ1) is 19.6. The molecule has 1 aliphatic rings. The van der Waals surface area contributed by atoms with Gasteiger partial charge >= 0.3 is 0 Å². The number of anilines is 1. The summed E-state index contributed by atoms with van der Waals surface area (Å²) in [5.41, 5.74) is 3.55. The summed E-state index contributed by atoms with van der Waals surface area (Å²) < 4.78 is 14.5. The monoisotopic (exact) mass is 457 g/mol. The van der Waals surface area contributed by atoms with Crippen LogP contribution in [0.1, 0.15) is 17.5 Å². The van der Waals surface area contributed by atoms with Crippen LogP contribution >= 0.6 is 15.9 Å². The highest BCUT2D eigenvalue weighted by Gasteiger charge is 2.34. The van der Waals surface area contributed by atoms with Crippen LogP contribution in [-0.4, -0.2) is 34.8 Å². The van der Waals surface area contributed by atoms with E-state index in [4.69, 9.17) is 0 Å². The number of likely N-dealkylation sites (tertiary alicyclic amines) is 1. The average molecular weight is 458 g/mol. The number of fused-ring (bicyclic) bond motifs is 1. The third kappa shape index (κ3) is 4.19. The van der Waals surface area contributed by atoms with E-state index in [2.05, 4.69) is 26.2 Å². The summed E-state index contributed by atoms with van der Waals surface area (Å²) in [6.45, 7) is 2.83. The number of H-pyrrole nitrogens is 1. The third-order valence-electron chi connectivity index (χ3n) is 5.41. The molecule has 3 aromatic rings. The molecule has 1 aromatic heterocycles. The summed E-state index contributed by atoms with van der Waals surface area (Å²) in [5, 5.41) is 3.77. The van der Waals surface area contributed by atoms with Crippen molar-refractivity contribution in [3.8, 4) is 0 Å². The van der Waals surface area contributed by atoms with Crippen LogP contribution in [0.4, 0.5) is 10.1 Å². The van der Waals surface area contributed by atoms with E-state index in [0.717, 1.165) is 32.2 Å². The highest BCUT2D eigenvalue weighted by Crippen LogP contribution is 2.25. The molecule has 0 aliphatic carbocycles. The Hall–Kier alpha value is -2.67. The molecule has 7 heteroatoms. The summed E-state index contributed by atoms with van der Waals surface area (Å²) in [6.07, 6.45) is 2.67. The highest BCUT2D eigenvalue weighted by atomic mass is 79.9. The zero-order valence-electron chi connectivity index (χ0n) is 16.0. The maximum Gasteiger partial charge on any atom is 0.229 e. The van der Waals surface area contributed by atoms with E-state index in [1.165, 1.54) is 12.1 Å². The minimum Gasteiger partial charge on any atom is -0.361 e. The molecule has 0 unspecified atom stereocenters. The number of amides is 2. The second-order valence-electron chi connectivity index (χ2n) is 7.44. The summed E-state index contributed by atoms with van der Waals surface area (Å²) in [7, 11) is 0. The number of hydrogen-bond acceptors (Lipinski definition) is 2. The number of carbonyl (C=O) groups is 2. The Morgan fingerprint density at radius 3 is 2.93 bits per heavy atom. The average Bonchev–Trinajstić information content (AvgIpc) is 3.25. The van der Waals surface area contributed by atoms with Crippen molar-refractivity contribution in [2.24, 2.45) is 5.92 Å². The maximum absolute atomic E-state index is 13.5. The molecule has 4 rings (SSSR count). The molecule has 2 N–H and O–H groups in total. The van der Waals surface area contributed by atoms with Gasteiger partial charge in [0.1, 0.15) is 5.82 Å². The second kappa shape index (κ2) is 7.99. The number of hydrogen-bond donors (Lipinski definition) is 2. The normalized spacial score (nSPS) is 16.6. The summed E-state index contributed by atoms with van der Waals surface area (Å²) in [4.78, 5) is 29.9. The fourth-order valence-corrected chi connectivity index (χ4v) is 4.25. The molecule has 0 bridgehead atoms. The van der Waals surface area contributed by atoms with Crippen LogP contribution in [0.3, 0.4) is 0 Å². The van der Waals surface area contributed by atoms with Crippen LogP contribution in [0.15, 0.2) is 47.1 Å². The number of benzene rings is 2. The molecule has 29 heavy (non-hydrogen) atoms. The molecule has 1 fully saturated rings. The van der Waals surface area contributed by atoms with E-state index in [1.807, 2.05) is 31.3 Å². The van der Waals surface area contributed by atoms with Gasteiger partial charge in [0, 0.05) is 46.8 Å². The molecule has 0 spiro atoms. The Kier molecular flexibility index (Phi) is 5.41. The Morgan fingerprint density at radius 2 is 2.14 bits per heavy atom. The maximum atomic E-state index is 13.5. The number of rotatable bonds is 5. The Labute approximate surface area is 176 Å². The molecular weight excluding hydrogens is 437 g/mol. The number of nitrogens with zero attached hydrogens (tertiary/aromatic N) is 1. The van der Waals surface area contributed by atoms with E-state index in [1.54, 1.807) is 11.0 Å². The summed E-state index contributed by atoms with van der Waals surface area (Å²) in [5.74, 6) is -0.814. The molecular formula is C22H21BrFN3O2. The quantitative estimate of drug-likeness (QED) is 0.595. The molecule has 150 valence electrons. The minimum atomic E-state index is -0.369. The predicted octanol–water partition coefficient (Wildman–Crippen LogP) is 4.41. The Morgan fingerprint density at radius 1 is 1.31 bits per heavy atom. The fourth-order valence-electron chi connectivity index (χ4n) is 3.78. The summed E-state index contributed by atoms with van der Waals surface area (Å²) >= 11 is 3.41. The molecule has 2 aromatic carbocycles. The van der Waals surface area contributed by atoms with Crippen LogP contribution in [0, 0.1) is 18.7 Å². The van der Waals surface area contributed by atoms with Gasteiger partial charge in [0.2, 0.25) is 11.8 Å². The first-order chi connectivity index (χ1) is 13.9. The van der Waals surface area contributed by atoms with Crippen molar-refractivity contribution in [1.82, 2.24) is 9.88 Å². The molecule has 1 atom stereocenters. The highest BCUT2D eigenvalue weighted by molar-refractivity contribution is 9.10. The van der Waals surface area contributed by atoms with E-state index in [0.29, 0.717) is 19.5 Å². The Bertz CT molecular complexity index is 1090. The van der Waals surface area contributed by atoms with Crippen molar-refractivity contribution in [2.45, 2.75) is 19.8 Å². The standard InChI is InChI=1S/C22H21BrFN3O2/c1-13-8-16(23)2-4-19(13)26-22(29)15-9-21(28)27(12-15)7-6-14-11-25-20-5-3-17(24)10-18(14)20/h2-5,8,10-11,15,25H,6-7,9,12H2,1H3,(H,26,29)/t15-/m1/s1. The first-order valence-corrected chi connectivity index (χ1v) is 10.3. The fraction of sp³-hybridized carbons (Fsp3) is 0.273. The predicted molar refractivity (Wildman–Crippen MR) is 114 cm³/mol. The number of halogens is 2. The van der Waals surface area contributed by atoms with Crippen LogP contribution in [0.2, 0.25) is 0 Å². The number of aryl methyl sites for hydroxylation is 1. The van der Waals surface area contributed by atoms with Gasteiger partial charge in [-0.25, -0.2) is 4.39 Å². The minimum absolute atomic E-state index is 0.0244. The van der Waals surface area contributed by atoms with Crippen molar-refractivity contribution < 1.29 is 14.0 Å². The van der Waals surface area contributed by atoms with E-state index in [-0.39, 0.29) is 30.0 Å². The zero-order valence-corrected chi connectivity index (χ0v) is 17.6.